The molecule has 5 heteroatoms. The van der Waals surface area contributed by atoms with Gasteiger partial charge in [0, 0.05) is 24.0 Å². The van der Waals surface area contributed by atoms with Gasteiger partial charge in [-0.15, -0.1) is 0 Å². The summed E-state index contributed by atoms with van der Waals surface area (Å²) in [7, 11) is 0. The van der Waals surface area contributed by atoms with E-state index in [1.165, 1.54) is 36.8 Å². The molecule has 1 aliphatic rings. The third kappa shape index (κ3) is 4.73. The predicted octanol–water partition coefficient (Wildman–Crippen LogP) is 6.07. The molecular formula is C24H29N5. The first kappa shape index (κ1) is 19.4. The highest BCUT2D eigenvalue weighted by atomic mass is 15.2. The highest BCUT2D eigenvalue weighted by Crippen LogP contribution is 2.27. The summed E-state index contributed by atoms with van der Waals surface area (Å²) in [4.78, 5) is 14.0. The summed E-state index contributed by atoms with van der Waals surface area (Å²) < 4.78 is 0. The molecule has 1 aromatic carbocycles. The highest BCUT2D eigenvalue weighted by molar-refractivity contribution is 5.66. The van der Waals surface area contributed by atoms with Crippen LogP contribution in [0.1, 0.15) is 56.6 Å². The molecule has 2 heterocycles. The molecule has 5 nitrogen and oxygen atoms in total. The van der Waals surface area contributed by atoms with E-state index in [-0.39, 0.29) is 0 Å². The Morgan fingerprint density at radius 1 is 0.966 bits per heavy atom. The standard InChI is InChI=1S/C24H29N5/c1-16(2)20-12-11-19(14-17(20)3)26-23-15-22(21-10-6-7-13-25-21)28-24(29-23)27-18-8-4-5-9-18/h6-7,10-16,18H,4-5,8-9H2,1-3H3,(H2,26,27,28,29). The number of aryl methyl sites for hydroxylation is 1. The molecule has 0 atom stereocenters. The van der Waals surface area contributed by atoms with Crippen LogP contribution in [-0.4, -0.2) is 21.0 Å². The van der Waals surface area contributed by atoms with Crippen molar-refractivity contribution in [3.63, 3.8) is 0 Å². The number of hydrogen-bond acceptors (Lipinski definition) is 5. The highest BCUT2D eigenvalue weighted by Gasteiger charge is 2.17. The summed E-state index contributed by atoms with van der Waals surface area (Å²) in [5.41, 5.74) is 5.35. The van der Waals surface area contributed by atoms with Crippen LogP contribution in [-0.2, 0) is 0 Å². The normalized spacial score (nSPS) is 14.3. The van der Waals surface area contributed by atoms with Crippen molar-refractivity contribution >= 4 is 17.5 Å². The molecule has 150 valence electrons. The third-order valence-electron chi connectivity index (χ3n) is 5.51. The van der Waals surface area contributed by atoms with E-state index in [2.05, 4.69) is 54.6 Å². The first-order valence-corrected chi connectivity index (χ1v) is 10.5. The van der Waals surface area contributed by atoms with Crippen LogP contribution in [0.25, 0.3) is 11.4 Å². The molecule has 4 rings (SSSR count). The fourth-order valence-electron chi connectivity index (χ4n) is 4.02. The molecule has 2 aromatic heterocycles. The molecule has 1 aliphatic carbocycles. The zero-order valence-electron chi connectivity index (χ0n) is 17.4. The Morgan fingerprint density at radius 3 is 2.48 bits per heavy atom. The molecule has 1 fully saturated rings. The fraction of sp³-hybridized carbons (Fsp3) is 0.375. The second kappa shape index (κ2) is 8.60. The van der Waals surface area contributed by atoms with Gasteiger partial charge in [0.1, 0.15) is 5.82 Å². The smallest absolute Gasteiger partial charge is 0.225 e. The average molecular weight is 388 g/mol. The monoisotopic (exact) mass is 387 g/mol. The topological polar surface area (TPSA) is 62.7 Å². The van der Waals surface area contributed by atoms with Gasteiger partial charge in [0.05, 0.1) is 11.4 Å². The molecule has 0 radical (unpaired) electrons. The van der Waals surface area contributed by atoms with E-state index in [1.807, 2.05) is 24.3 Å². The van der Waals surface area contributed by atoms with Crippen molar-refractivity contribution in [3.8, 4) is 11.4 Å². The van der Waals surface area contributed by atoms with Crippen molar-refractivity contribution in [2.24, 2.45) is 0 Å². The molecule has 0 saturated heterocycles. The van der Waals surface area contributed by atoms with Crippen LogP contribution in [0, 0.1) is 6.92 Å². The lowest BCUT2D eigenvalue weighted by molar-refractivity contribution is 0.744. The van der Waals surface area contributed by atoms with Gasteiger partial charge < -0.3 is 10.6 Å². The largest absolute Gasteiger partial charge is 0.351 e. The predicted molar refractivity (Wildman–Crippen MR) is 120 cm³/mol. The molecule has 1 saturated carbocycles. The molecule has 0 bridgehead atoms. The summed E-state index contributed by atoms with van der Waals surface area (Å²) >= 11 is 0. The SMILES string of the molecule is Cc1cc(Nc2cc(-c3ccccn3)nc(NC3CCCC3)n2)ccc1C(C)C. The number of aromatic nitrogens is 3. The van der Waals surface area contributed by atoms with Crippen molar-refractivity contribution in [3.05, 3.63) is 59.8 Å². The number of anilines is 3. The number of hydrogen-bond donors (Lipinski definition) is 2. The van der Waals surface area contributed by atoms with Crippen molar-refractivity contribution < 1.29 is 0 Å². The van der Waals surface area contributed by atoms with Gasteiger partial charge in [0.25, 0.3) is 0 Å². The van der Waals surface area contributed by atoms with Gasteiger partial charge >= 0.3 is 0 Å². The molecule has 3 aromatic rings. The fourth-order valence-corrected chi connectivity index (χ4v) is 4.02. The van der Waals surface area contributed by atoms with Gasteiger partial charge in [-0.05, 0) is 61.1 Å². The van der Waals surface area contributed by atoms with Crippen LogP contribution in [0.4, 0.5) is 17.5 Å². The van der Waals surface area contributed by atoms with Crippen molar-refractivity contribution in [2.75, 3.05) is 10.6 Å². The lowest BCUT2D eigenvalue weighted by atomic mass is 9.98. The van der Waals surface area contributed by atoms with E-state index < -0.39 is 0 Å². The van der Waals surface area contributed by atoms with Crippen LogP contribution in [0.2, 0.25) is 0 Å². The number of pyridine rings is 1. The first-order valence-electron chi connectivity index (χ1n) is 10.5. The van der Waals surface area contributed by atoms with E-state index in [1.54, 1.807) is 6.20 Å². The lowest BCUT2D eigenvalue weighted by Crippen LogP contribution is -2.17. The van der Waals surface area contributed by atoms with Crippen LogP contribution in [0.3, 0.4) is 0 Å². The van der Waals surface area contributed by atoms with E-state index >= 15 is 0 Å². The molecule has 0 unspecified atom stereocenters. The third-order valence-corrected chi connectivity index (χ3v) is 5.51. The Hall–Kier alpha value is -2.95. The quantitative estimate of drug-likeness (QED) is 0.537. The summed E-state index contributed by atoms with van der Waals surface area (Å²) in [5, 5.41) is 6.99. The Bertz CT molecular complexity index is 962. The van der Waals surface area contributed by atoms with Gasteiger partial charge in [0.15, 0.2) is 0 Å². The van der Waals surface area contributed by atoms with E-state index in [0.717, 1.165) is 22.9 Å². The maximum absolute atomic E-state index is 4.74. The van der Waals surface area contributed by atoms with Crippen LogP contribution in [0.15, 0.2) is 48.7 Å². The maximum atomic E-state index is 4.74. The van der Waals surface area contributed by atoms with Gasteiger partial charge in [-0.1, -0.05) is 38.8 Å². The molecular weight excluding hydrogens is 358 g/mol. The van der Waals surface area contributed by atoms with E-state index in [0.29, 0.717) is 17.9 Å². The maximum Gasteiger partial charge on any atom is 0.225 e. The second-order valence-electron chi connectivity index (χ2n) is 8.15. The van der Waals surface area contributed by atoms with Crippen LogP contribution in [0.5, 0.6) is 0 Å². The van der Waals surface area contributed by atoms with Gasteiger partial charge in [0.2, 0.25) is 5.95 Å². The lowest BCUT2D eigenvalue weighted by Gasteiger charge is -2.16. The summed E-state index contributed by atoms with van der Waals surface area (Å²) in [6, 6.07) is 14.8. The molecule has 0 spiro atoms. The minimum Gasteiger partial charge on any atom is -0.351 e. The zero-order chi connectivity index (χ0) is 20.2. The Morgan fingerprint density at radius 2 is 1.79 bits per heavy atom. The summed E-state index contributed by atoms with van der Waals surface area (Å²) in [5.74, 6) is 1.96. The van der Waals surface area contributed by atoms with Crippen molar-refractivity contribution in [2.45, 2.75) is 58.4 Å². The van der Waals surface area contributed by atoms with Gasteiger partial charge in [-0.3, -0.25) is 4.98 Å². The number of nitrogens with one attached hydrogen (secondary N) is 2. The minimum absolute atomic E-state index is 0.453. The number of rotatable bonds is 6. The number of benzene rings is 1. The number of nitrogens with zero attached hydrogens (tertiary/aromatic N) is 3. The van der Waals surface area contributed by atoms with Gasteiger partial charge in [-0.2, -0.15) is 4.98 Å². The van der Waals surface area contributed by atoms with E-state index in [4.69, 9.17) is 9.97 Å². The summed E-state index contributed by atoms with van der Waals surface area (Å²) in [6.45, 7) is 6.60. The first-order chi connectivity index (χ1) is 14.1. The Balaban J connectivity index is 1.65. The second-order valence-corrected chi connectivity index (χ2v) is 8.15. The Kier molecular flexibility index (Phi) is 5.74. The minimum atomic E-state index is 0.453. The van der Waals surface area contributed by atoms with Crippen LogP contribution < -0.4 is 10.6 Å². The van der Waals surface area contributed by atoms with Crippen LogP contribution >= 0.6 is 0 Å². The average Bonchev–Trinajstić information content (AvgIpc) is 3.21. The van der Waals surface area contributed by atoms with Crippen molar-refractivity contribution in [1.82, 2.24) is 15.0 Å². The Labute approximate surface area is 173 Å². The van der Waals surface area contributed by atoms with Gasteiger partial charge in [-0.25, -0.2) is 4.98 Å². The molecule has 29 heavy (non-hydrogen) atoms. The molecule has 0 aliphatic heterocycles. The van der Waals surface area contributed by atoms with Crippen molar-refractivity contribution in [1.29, 1.82) is 0 Å². The zero-order valence-corrected chi connectivity index (χ0v) is 17.4. The summed E-state index contributed by atoms with van der Waals surface area (Å²) in [6.07, 6.45) is 6.68. The molecule has 2 N–H and O–H groups in total. The van der Waals surface area contributed by atoms with E-state index in [9.17, 15) is 0 Å². The molecule has 0 amide bonds.